The van der Waals surface area contributed by atoms with E-state index in [4.69, 9.17) is 9.47 Å². The first-order chi connectivity index (χ1) is 6.77. The molecular weight excluding hydrogens is 176 g/mol. The molecule has 1 saturated heterocycles. The van der Waals surface area contributed by atoms with E-state index in [-0.39, 0.29) is 6.29 Å². The third-order valence-electron chi connectivity index (χ3n) is 2.97. The monoisotopic (exact) mass is 200 g/mol. The summed E-state index contributed by atoms with van der Waals surface area (Å²) in [5.41, 5.74) is 0. The molecule has 1 fully saturated rings. The van der Waals surface area contributed by atoms with Gasteiger partial charge in [-0.05, 0) is 19.3 Å². The third kappa shape index (κ3) is 3.58. The van der Waals surface area contributed by atoms with Crippen LogP contribution >= 0.6 is 0 Å². The van der Waals surface area contributed by atoms with Crippen LogP contribution in [0, 0.1) is 5.92 Å². The van der Waals surface area contributed by atoms with Crippen LogP contribution in [0.15, 0.2) is 0 Å². The summed E-state index contributed by atoms with van der Waals surface area (Å²) in [6.45, 7) is 7.30. The van der Waals surface area contributed by atoms with Crippen molar-refractivity contribution in [2.24, 2.45) is 5.92 Å². The maximum atomic E-state index is 5.84. The second-order valence-corrected chi connectivity index (χ2v) is 4.27. The van der Waals surface area contributed by atoms with Crippen molar-refractivity contribution < 1.29 is 9.47 Å². The summed E-state index contributed by atoms with van der Waals surface area (Å²) < 4.78 is 11.3. The highest BCUT2D eigenvalue weighted by molar-refractivity contribution is 4.75. The Bertz CT molecular complexity index is 147. The van der Waals surface area contributed by atoms with Gasteiger partial charge >= 0.3 is 0 Å². The molecule has 1 rings (SSSR count). The summed E-state index contributed by atoms with van der Waals surface area (Å²) >= 11 is 0. The lowest BCUT2D eigenvalue weighted by atomic mass is 9.99. The fraction of sp³-hybridized carbons (Fsp3) is 1.00. The maximum Gasteiger partial charge on any atom is 0.158 e. The fourth-order valence-corrected chi connectivity index (χ4v) is 2.08. The molecule has 0 amide bonds. The van der Waals surface area contributed by atoms with Gasteiger partial charge in [-0.2, -0.15) is 0 Å². The number of unbranched alkanes of at least 4 members (excludes halogenated alkanes) is 2. The van der Waals surface area contributed by atoms with E-state index in [0.29, 0.717) is 12.0 Å². The molecule has 0 aromatic heterocycles. The van der Waals surface area contributed by atoms with Gasteiger partial charge in [0.2, 0.25) is 0 Å². The number of hydrogen-bond acceptors (Lipinski definition) is 2. The Labute approximate surface area is 88.0 Å². The Kier molecular flexibility index (Phi) is 5.49. The average Bonchev–Trinajstić information content (AvgIpc) is 2.48. The standard InChI is InChI=1S/C12H24O2/c1-4-6-7-8-11-10(3)9-12(14-11)13-5-2/h10-12H,4-9H2,1-3H3/t10-,11-,12+/m1/s1. The first-order valence-corrected chi connectivity index (χ1v) is 6.05. The minimum atomic E-state index is 0.0710. The molecule has 0 aromatic rings. The Morgan fingerprint density at radius 1 is 1.29 bits per heavy atom. The van der Waals surface area contributed by atoms with Gasteiger partial charge in [0.1, 0.15) is 0 Å². The first kappa shape index (κ1) is 12.0. The molecule has 0 N–H and O–H groups in total. The van der Waals surface area contributed by atoms with Crippen LogP contribution in [-0.2, 0) is 9.47 Å². The van der Waals surface area contributed by atoms with Crippen LogP contribution in [0.3, 0.4) is 0 Å². The molecule has 3 atom stereocenters. The molecule has 1 aliphatic heterocycles. The SMILES string of the molecule is CCCCC[C@H]1O[C@H](OCC)C[C@H]1C. The van der Waals surface area contributed by atoms with Gasteiger partial charge in [-0.15, -0.1) is 0 Å². The molecule has 2 nitrogen and oxygen atoms in total. The van der Waals surface area contributed by atoms with Crippen LogP contribution in [0.2, 0.25) is 0 Å². The Morgan fingerprint density at radius 2 is 2.07 bits per heavy atom. The molecule has 1 aliphatic rings. The molecule has 0 radical (unpaired) electrons. The zero-order chi connectivity index (χ0) is 10.4. The maximum absolute atomic E-state index is 5.84. The summed E-state index contributed by atoms with van der Waals surface area (Å²) in [6, 6.07) is 0. The summed E-state index contributed by atoms with van der Waals surface area (Å²) in [6.07, 6.45) is 6.70. The quantitative estimate of drug-likeness (QED) is 0.612. The lowest BCUT2D eigenvalue weighted by Crippen LogP contribution is -2.15. The Hall–Kier alpha value is -0.0800. The predicted octanol–water partition coefficient (Wildman–Crippen LogP) is 3.35. The van der Waals surface area contributed by atoms with E-state index in [1.165, 1.54) is 25.7 Å². The lowest BCUT2D eigenvalue weighted by molar-refractivity contribution is -0.132. The van der Waals surface area contributed by atoms with E-state index in [1.807, 2.05) is 6.92 Å². The number of rotatable bonds is 6. The molecular formula is C12H24O2. The van der Waals surface area contributed by atoms with Crippen molar-refractivity contribution in [3.63, 3.8) is 0 Å². The highest BCUT2D eigenvalue weighted by Gasteiger charge is 2.31. The second-order valence-electron chi connectivity index (χ2n) is 4.27. The van der Waals surface area contributed by atoms with Crippen LogP contribution in [-0.4, -0.2) is 19.0 Å². The molecule has 0 spiro atoms. The topological polar surface area (TPSA) is 18.5 Å². The molecule has 2 heteroatoms. The number of ether oxygens (including phenoxy) is 2. The smallest absolute Gasteiger partial charge is 0.158 e. The summed E-state index contributed by atoms with van der Waals surface area (Å²) in [7, 11) is 0. The van der Waals surface area contributed by atoms with Gasteiger partial charge in [0.05, 0.1) is 6.10 Å². The van der Waals surface area contributed by atoms with E-state index in [2.05, 4.69) is 13.8 Å². The second kappa shape index (κ2) is 6.41. The molecule has 14 heavy (non-hydrogen) atoms. The van der Waals surface area contributed by atoms with E-state index in [0.717, 1.165) is 13.0 Å². The minimum absolute atomic E-state index is 0.0710. The van der Waals surface area contributed by atoms with Gasteiger partial charge in [0, 0.05) is 13.0 Å². The van der Waals surface area contributed by atoms with E-state index >= 15 is 0 Å². The summed E-state index contributed by atoms with van der Waals surface area (Å²) in [5.74, 6) is 0.670. The summed E-state index contributed by atoms with van der Waals surface area (Å²) in [5, 5.41) is 0. The van der Waals surface area contributed by atoms with Crippen molar-refractivity contribution >= 4 is 0 Å². The van der Waals surface area contributed by atoms with Crippen LogP contribution in [0.1, 0.15) is 52.9 Å². The normalized spacial score (nSPS) is 32.4. The molecule has 0 aliphatic carbocycles. The van der Waals surface area contributed by atoms with Crippen molar-refractivity contribution in [1.82, 2.24) is 0 Å². The zero-order valence-corrected chi connectivity index (χ0v) is 9.79. The van der Waals surface area contributed by atoms with Gasteiger partial charge in [-0.25, -0.2) is 0 Å². The third-order valence-corrected chi connectivity index (χ3v) is 2.97. The van der Waals surface area contributed by atoms with Crippen molar-refractivity contribution in [2.75, 3.05) is 6.61 Å². The van der Waals surface area contributed by atoms with E-state index in [1.54, 1.807) is 0 Å². The van der Waals surface area contributed by atoms with E-state index < -0.39 is 0 Å². The fourth-order valence-electron chi connectivity index (χ4n) is 2.08. The molecule has 84 valence electrons. The van der Waals surface area contributed by atoms with Crippen LogP contribution in [0.25, 0.3) is 0 Å². The Morgan fingerprint density at radius 3 is 2.71 bits per heavy atom. The average molecular weight is 200 g/mol. The van der Waals surface area contributed by atoms with Crippen LogP contribution < -0.4 is 0 Å². The summed E-state index contributed by atoms with van der Waals surface area (Å²) in [4.78, 5) is 0. The first-order valence-electron chi connectivity index (χ1n) is 6.05. The van der Waals surface area contributed by atoms with Crippen LogP contribution in [0.4, 0.5) is 0 Å². The highest BCUT2D eigenvalue weighted by Crippen LogP contribution is 2.29. The largest absolute Gasteiger partial charge is 0.353 e. The molecule has 0 bridgehead atoms. The predicted molar refractivity (Wildman–Crippen MR) is 58.2 cm³/mol. The van der Waals surface area contributed by atoms with Crippen LogP contribution in [0.5, 0.6) is 0 Å². The highest BCUT2D eigenvalue weighted by atomic mass is 16.7. The van der Waals surface area contributed by atoms with Gasteiger partial charge in [0.25, 0.3) is 0 Å². The molecule has 0 saturated carbocycles. The van der Waals surface area contributed by atoms with Gasteiger partial charge in [0.15, 0.2) is 6.29 Å². The molecule has 0 unspecified atom stereocenters. The van der Waals surface area contributed by atoms with E-state index in [9.17, 15) is 0 Å². The molecule has 0 aromatic carbocycles. The van der Waals surface area contributed by atoms with Gasteiger partial charge in [-0.1, -0.05) is 33.1 Å². The van der Waals surface area contributed by atoms with Crippen molar-refractivity contribution in [3.05, 3.63) is 0 Å². The zero-order valence-electron chi connectivity index (χ0n) is 9.79. The van der Waals surface area contributed by atoms with Crippen molar-refractivity contribution in [1.29, 1.82) is 0 Å². The lowest BCUT2D eigenvalue weighted by Gasteiger charge is -2.14. The van der Waals surface area contributed by atoms with Crippen molar-refractivity contribution in [2.45, 2.75) is 65.3 Å². The van der Waals surface area contributed by atoms with Gasteiger partial charge < -0.3 is 9.47 Å². The van der Waals surface area contributed by atoms with Gasteiger partial charge in [-0.3, -0.25) is 0 Å². The number of hydrogen-bond donors (Lipinski definition) is 0. The Balaban J connectivity index is 2.19. The van der Waals surface area contributed by atoms with Crippen molar-refractivity contribution in [3.8, 4) is 0 Å². The molecule has 1 heterocycles. The minimum Gasteiger partial charge on any atom is -0.353 e.